The maximum atomic E-state index is 11.9. The Hall–Kier alpha value is -2.10. The van der Waals surface area contributed by atoms with E-state index in [1.165, 1.54) is 0 Å². The molecular weight excluding hydrogens is 278 g/mol. The van der Waals surface area contributed by atoms with Gasteiger partial charge in [-0.1, -0.05) is 40.7 Å². The third kappa shape index (κ3) is 3.38. The molecule has 0 aliphatic carbocycles. The minimum absolute atomic E-state index is 0.283. The number of ether oxygens (including phenoxy) is 2. The summed E-state index contributed by atoms with van der Waals surface area (Å²) in [6.45, 7) is 10.1. The van der Waals surface area contributed by atoms with Crippen molar-refractivity contribution in [3.8, 4) is 5.75 Å². The fourth-order valence-electron chi connectivity index (χ4n) is 2.18. The molecule has 0 atom stereocenters. The zero-order valence-electron chi connectivity index (χ0n) is 14.1. The van der Waals surface area contributed by atoms with Crippen molar-refractivity contribution >= 4 is 17.9 Å². The van der Waals surface area contributed by atoms with Crippen molar-refractivity contribution in [1.82, 2.24) is 0 Å². The van der Waals surface area contributed by atoms with E-state index in [2.05, 4.69) is 18.8 Å². The number of methoxy groups -OCH3 is 1. The van der Waals surface area contributed by atoms with Gasteiger partial charge in [0.15, 0.2) is 5.70 Å². The van der Waals surface area contributed by atoms with Gasteiger partial charge < -0.3 is 9.47 Å². The van der Waals surface area contributed by atoms with Gasteiger partial charge >= 0.3 is 5.97 Å². The van der Waals surface area contributed by atoms with Crippen molar-refractivity contribution in [2.75, 3.05) is 7.11 Å². The van der Waals surface area contributed by atoms with Crippen LogP contribution in [-0.4, -0.2) is 19.0 Å². The van der Waals surface area contributed by atoms with Gasteiger partial charge in [0.25, 0.3) is 0 Å². The van der Waals surface area contributed by atoms with E-state index >= 15 is 0 Å². The third-order valence-electron chi connectivity index (χ3n) is 3.44. The lowest BCUT2D eigenvalue weighted by molar-refractivity contribution is -0.130. The Morgan fingerprint density at radius 2 is 1.95 bits per heavy atom. The first-order chi connectivity index (χ1) is 10.2. The van der Waals surface area contributed by atoms with E-state index in [0.29, 0.717) is 17.5 Å². The number of aliphatic imine (C=N–C) groups is 1. The molecule has 0 radical (unpaired) electrons. The van der Waals surface area contributed by atoms with E-state index in [1.807, 2.05) is 39.0 Å². The molecule has 4 nitrogen and oxygen atoms in total. The SMILES string of the molecule is COc1ccc(/C=C2/N=C(C(C)(C)C)OC2=O)cc1C(C)C. The first-order valence-electron chi connectivity index (χ1n) is 7.43. The van der Waals surface area contributed by atoms with Gasteiger partial charge in [-0.15, -0.1) is 0 Å². The molecule has 0 unspecified atom stereocenters. The molecule has 1 aliphatic heterocycles. The van der Waals surface area contributed by atoms with Crippen LogP contribution < -0.4 is 4.74 Å². The molecule has 1 heterocycles. The maximum absolute atomic E-state index is 11.9. The van der Waals surface area contributed by atoms with E-state index in [4.69, 9.17) is 9.47 Å². The molecule has 0 aromatic heterocycles. The lowest BCUT2D eigenvalue weighted by Crippen LogP contribution is -2.21. The number of cyclic esters (lactones) is 1. The second-order valence-corrected chi connectivity index (χ2v) is 6.74. The van der Waals surface area contributed by atoms with Crippen LogP contribution in [0.25, 0.3) is 6.08 Å². The molecule has 0 spiro atoms. The highest BCUT2D eigenvalue weighted by Crippen LogP contribution is 2.30. The van der Waals surface area contributed by atoms with E-state index in [1.54, 1.807) is 13.2 Å². The van der Waals surface area contributed by atoms with Crippen LogP contribution in [0.1, 0.15) is 51.7 Å². The number of carbonyl (C=O) groups excluding carboxylic acids is 1. The Kier molecular flexibility index (Phi) is 4.40. The van der Waals surface area contributed by atoms with Gasteiger partial charge in [-0.25, -0.2) is 9.79 Å². The highest BCUT2D eigenvalue weighted by Gasteiger charge is 2.31. The smallest absolute Gasteiger partial charge is 0.363 e. The second-order valence-electron chi connectivity index (χ2n) is 6.74. The summed E-state index contributed by atoms with van der Waals surface area (Å²) in [6.07, 6.45) is 1.76. The Morgan fingerprint density at radius 3 is 2.45 bits per heavy atom. The van der Waals surface area contributed by atoms with Gasteiger partial charge in [-0.2, -0.15) is 0 Å². The van der Waals surface area contributed by atoms with Crippen molar-refractivity contribution in [3.63, 3.8) is 0 Å². The van der Waals surface area contributed by atoms with Gasteiger partial charge in [0.2, 0.25) is 5.90 Å². The predicted molar refractivity (Wildman–Crippen MR) is 88.0 cm³/mol. The fraction of sp³-hybridized carbons (Fsp3) is 0.444. The largest absolute Gasteiger partial charge is 0.496 e. The summed E-state index contributed by atoms with van der Waals surface area (Å²) >= 11 is 0. The standard InChI is InChI=1S/C18H23NO3/c1-11(2)13-9-12(7-8-15(13)21-6)10-14-16(20)22-17(19-14)18(3,4)5/h7-11H,1-6H3/b14-10+. The van der Waals surface area contributed by atoms with Crippen molar-refractivity contribution in [2.45, 2.75) is 40.5 Å². The zero-order chi connectivity index (χ0) is 16.5. The Balaban J connectivity index is 2.39. The lowest BCUT2D eigenvalue weighted by Gasteiger charge is -2.15. The monoisotopic (exact) mass is 301 g/mol. The van der Waals surface area contributed by atoms with Crippen molar-refractivity contribution in [2.24, 2.45) is 10.4 Å². The summed E-state index contributed by atoms with van der Waals surface area (Å²) in [7, 11) is 1.66. The third-order valence-corrected chi connectivity index (χ3v) is 3.44. The summed E-state index contributed by atoms with van der Waals surface area (Å²) in [6, 6.07) is 5.85. The van der Waals surface area contributed by atoms with Crippen molar-refractivity contribution in [3.05, 3.63) is 35.0 Å². The van der Waals surface area contributed by atoms with Gasteiger partial charge in [0, 0.05) is 5.41 Å². The quantitative estimate of drug-likeness (QED) is 0.622. The van der Waals surface area contributed by atoms with Gasteiger partial charge in [0.05, 0.1) is 7.11 Å². The summed E-state index contributed by atoms with van der Waals surface area (Å²) in [5.41, 5.74) is 2.07. The number of benzene rings is 1. The van der Waals surface area contributed by atoms with E-state index in [9.17, 15) is 4.79 Å². The second kappa shape index (κ2) is 5.95. The zero-order valence-corrected chi connectivity index (χ0v) is 14.1. The molecule has 118 valence electrons. The molecule has 1 aliphatic rings. The van der Waals surface area contributed by atoms with Crippen LogP contribution in [0.3, 0.4) is 0 Å². The van der Waals surface area contributed by atoms with Crippen molar-refractivity contribution < 1.29 is 14.3 Å². The first-order valence-corrected chi connectivity index (χ1v) is 7.43. The maximum Gasteiger partial charge on any atom is 0.363 e. The number of carbonyl (C=O) groups is 1. The number of rotatable bonds is 3. The summed E-state index contributed by atoms with van der Waals surface area (Å²) in [5.74, 6) is 1.25. The predicted octanol–water partition coefficient (Wildman–Crippen LogP) is 4.16. The molecule has 0 saturated heterocycles. The van der Waals surface area contributed by atoms with Crippen LogP contribution in [-0.2, 0) is 9.53 Å². The molecular formula is C18H23NO3. The minimum Gasteiger partial charge on any atom is -0.496 e. The molecule has 4 heteroatoms. The molecule has 0 fully saturated rings. The molecule has 1 aromatic carbocycles. The number of esters is 1. The Labute approximate surface area is 131 Å². The van der Waals surface area contributed by atoms with Gasteiger partial charge in [0.1, 0.15) is 5.75 Å². The molecule has 2 rings (SSSR count). The first kappa shape index (κ1) is 16.3. The highest BCUT2D eigenvalue weighted by molar-refractivity contribution is 6.08. The Bertz CT molecular complexity index is 649. The van der Waals surface area contributed by atoms with Crippen LogP contribution in [0.2, 0.25) is 0 Å². The fourth-order valence-corrected chi connectivity index (χ4v) is 2.18. The molecule has 1 aromatic rings. The lowest BCUT2D eigenvalue weighted by atomic mass is 9.97. The van der Waals surface area contributed by atoms with Crippen LogP contribution in [0.4, 0.5) is 0 Å². The highest BCUT2D eigenvalue weighted by atomic mass is 16.6. The normalized spacial score (nSPS) is 17.0. The van der Waals surface area contributed by atoms with Crippen LogP contribution >= 0.6 is 0 Å². The van der Waals surface area contributed by atoms with Crippen LogP contribution in [0.15, 0.2) is 28.9 Å². The summed E-state index contributed by atoms with van der Waals surface area (Å²) < 4.78 is 10.6. The number of hydrogen-bond donors (Lipinski definition) is 0. The molecule has 0 amide bonds. The van der Waals surface area contributed by atoms with Crippen LogP contribution in [0.5, 0.6) is 5.75 Å². The average molecular weight is 301 g/mol. The van der Waals surface area contributed by atoms with E-state index < -0.39 is 5.97 Å². The molecule has 0 bridgehead atoms. The number of hydrogen-bond acceptors (Lipinski definition) is 4. The molecule has 0 saturated carbocycles. The molecule has 22 heavy (non-hydrogen) atoms. The number of nitrogens with zero attached hydrogens (tertiary/aromatic N) is 1. The van der Waals surface area contributed by atoms with Crippen molar-refractivity contribution in [1.29, 1.82) is 0 Å². The van der Waals surface area contributed by atoms with E-state index in [0.717, 1.165) is 16.9 Å². The summed E-state index contributed by atoms with van der Waals surface area (Å²) in [5, 5.41) is 0. The Morgan fingerprint density at radius 1 is 1.27 bits per heavy atom. The molecule has 0 N–H and O–H groups in total. The topological polar surface area (TPSA) is 47.9 Å². The van der Waals surface area contributed by atoms with Crippen LogP contribution in [0, 0.1) is 5.41 Å². The summed E-state index contributed by atoms with van der Waals surface area (Å²) in [4.78, 5) is 16.3. The average Bonchev–Trinajstić information content (AvgIpc) is 2.80. The van der Waals surface area contributed by atoms with Gasteiger partial charge in [-0.05, 0) is 35.3 Å². The minimum atomic E-state index is -0.396. The van der Waals surface area contributed by atoms with E-state index in [-0.39, 0.29) is 5.41 Å². The van der Waals surface area contributed by atoms with Gasteiger partial charge in [-0.3, -0.25) is 0 Å².